The number of hydrogen-bond acceptors (Lipinski definition) is 7. The molecule has 3 aromatic rings. The predicted molar refractivity (Wildman–Crippen MR) is 86.4 cm³/mol. The van der Waals surface area contributed by atoms with Gasteiger partial charge in [0.1, 0.15) is 6.07 Å². The van der Waals surface area contributed by atoms with Gasteiger partial charge < -0.3 is 4.42 Å². The van der Waals surface area contributed by atoms with Crippen LogP contribution < -0.4 is 0 Å². The first-order chi connectivity index (χ1) is 11.6. The zero-order valence-corrected chi connectivity index (χ0v) is 13.3. The quantitative estimate of drug-likeness (QED) is 0.523. The van der Waals surface area contributed by atoms with E-state index < -0.39 is 4.92 Å². The number of non-ortho nitro benzene ring substituents is 1. The van der Waals surface area contributed by atoms with Gasteiger partial charge in [-0.3, -0.25) is 10.1 Å². The van der Waals surface area contributed by atoms with E-state index in [1.54, 1.807) is 0 Å². The molecule has 24 heavy (non-hydrogen) atoms. The van der Waals surface area contributed by atoms with Gasteiger partial charge in [0.05, 0.1) is 10.5 Å². The lowest BCUT2D eigenvalue weighted by Crippen LogP contribution is -1.90. The first-order valence-corrected chi connectivity index (χ1v) is 7.65. The van der Waals surface area contributed by atoms with Crippen LogP contribution in [0, 0.1) is 28.4 Å². The van der Waals surface area contributed by atoms with E-state index in [0.29, 0.717) is 10.8 Å². The molecule has 118 valence electrons. The van der Waals surface area contributed by atoms with Crippen molar-refractivity contribution in [2.45, 2.75) is 17.0 Å². The molecule has 1 heterocycles. The van der Waals surface area contributed by atoms with Gasteiger partial charge in [-0.25, -0.2) is 0 Å². The summed E-state index contributed by atoms with van der Waals surface area (Å²) < 4.78 is 5.60. The van der Waals surface area contributed by atoms with Crippen LogP contribution in [0.15, 0.2) is 57.0 Å². The molecule has 0 saturated heterocycles. The number of benzene rings is 2. The van der Waals surface area contributed by atoms with Crippen molar-refractivity contribution in [2.75, 3.05) is 0 Å². The summed E-state index contributed by atoms with van der Waals surface area (Å²) >= 11 is 1.09. The number of hydrogen-bond donors (Lipinski definition) is 0. The predicted octanol–water partition coefficient (Wildman–Crippen LogP) is 3.98. The maximum Gasteiger partial charge on any atom is 0.281 e. The summed E-state index contributed by atoms with van der Waals surface area (Å²) in [6.07, 6.45) is 0. The van der Waals surface area contributed by atoms with Gasteiger partial charge in [-0.15, -0.1) is 10.2 Å². The van der Waals surface area contributed by atoms with Crippen LogP contribution in [0.2, 0.25) is 0 Å². The number of aromatic nitrogens is 2. The molecule has 8 heteroatoms. The highest BCUT2D eigenvalue weighted by atomic mass is 32.2. The summed E-state index contributed by atoms with van der Waals surface area (Å²) in [5.74, 6) is 0.376. The Hall–Kier alpha value is -3.18. The average Bonchev–Trinajstić information content (AvgIpc) is 3.03. The Kier molecular flexibility index (Phi) is 4.26. The number of nitro groups is 1. The summed E-state index contributed by atoms with van der Waals surface area (Å²) in [7, 11) is 0. The van der Waals surface area contributed by atoms with Gasteiger partial charge in [0, 0.05) is 22.6 Å². The van der Waals surface area contributed by atoms with E-state index in [1.807, 2.05) is 37.3 Å². The van der Waals surface area contributed by atoms with Gasteiger partial charge in [-0.2, -0.15) is 5.26 Å². The van der Waals surface area contributed by atoms with Gasteiger partial charge in [-0.05, 0) is 36.9 Å². The van der Waals surface area contributed by atoms with E-state index in [1.165, 1.54) is 18.2 Å². The van der Waals surface area contributed by atoms with Gasteiger partial charge in [0.25, 0.3) is 10.9 Å². The minimum atomic E-state index is -0.544. The minimum absolute atomic E-state index is 0.137. The summed E-state index contributed by atoms with van der Waals surface area (Å²) in [4.78, 5) is 10.7. The van der Waals surface area contributed by atoms with Crippen molar-refractivity contribution in [3.8, 4) is 17.5 Å². The standard InChI is InChI=1S/C16H10N4O3S/c1-10-3-2-4-11(7-10)15-18-19-16(23-15)24-14-6-5-13(20(21)22)8-12(14)9-17/h2-8H,1H3. The van der Waals surface area contributed by atoms with Crippen LogP contribution in [0.1, 0.15) is 11.1 Å². The lowest BCUT2D eigenvalue weighted by molar-refractivity contribution is -0.384. The zero-order valence-electron chi connectivity index (χ0n) is 12.5. The molecule has 0 aliphatic heterocycles. The molecular formula is C16H10N4O3S. The normalized spacial score (nSPS) is 10.3. The third-order valence-corrected chi connectivity index (χ3v) is 4.08. The zero-order chi connectivity index (χ0) is 17.1. The molecule has 0 aliphatic rings. The second-order valence-electron chi connectivity index (χ2n) is 4.89. The third kappa shape index (κ3) is 3.26. The van der Waals surface area contributed by atoms with Crippen molar-refractivity contribution in [1.29, 1.82) is 5.26 Å². The number of rotatable bonds is 4. The van der Waals surface area contributed by atoms with Gasteiger partial charge >= 0.3 is 0 Å². The van der Waals surface area contributed by atoms with E-state index in [2.05, 4.69) is 10.2 Å². The molecular weight excluding hydrogens is 328 g/mol. The summed E-state index contributed by atoms with van der Waals surface area (Å²) in [5.41, 5.74) is 1.92. The Labute approximate surface area is 141 Å². The second kappa shape index (κ2) is 6.52. The van der Waals surface area contributed by atoms with Gasteiger partial charge in [0.15, 0.2) is 0 Å². The smallest absolute Gasteiger partial charge is 0.281 e. The Morgan fingerprint density at radius 3 is 2.79 bits per heavy atom. The van der Waals surface area contributed by atoms with Crippen LogP contribution in [0.5, 0.6) is 0 Å². The molecule has 2 aromatic carbocycles. The van der Waals surface area contributed by atoms with Crippen LogP contribution in [0.25, 0.3) is 11.5 Å². The van der Waals surface area contributed by atoms with Crippen molar-refractivity contribution >= 4 is 17.4 Å². The Morgan fingerprint density at radius 2 is 2.08 bits per heavy atom. The van der Waals surface area contributed by atoms with Crippen LogP contribution in [-0.4, -0.2) is 15.1 Å². The second-order valence-corrected chi connectivity index (χ2v) is 5.89. The number of nitriles is 1. The van der Waals surface area contributed by atoms with E-state index in [-0.39, 0.29) is 16.5 Å². The van der Waals surface area contributed by atoms with E-state index >= 15 is 0 Å². The first-order valence-electron chi connectivity index (χ1n) is 6.84. The maximum atomic E-state index is 10.8. The summed E-state index contributed by atoms with van der Waals surface area (Å²) in [6, 6.07) is 13.6. The van der Waals surface area contributed by atoms with Crippen LogP contribution >= 0.6 is 11.8 Å². The Balaban J connectivity index is 1.88. The van der Waals surface area contributed by atoms with Crippen LogP contribution in [0.4, 0.5) is 5.69 Å². The van der Waals surface area contributed by atoms with Crippen LogP contribution in [-0.2, 0) is 0 Å². The Morgan fingerprint density at radius 1 is 1.25 bits per heavy atom. The lowest BCUT2D eigenvalue weighted by Gasteiger charge is -2.00. The Bertz CT molecular complexity index is 962. The topological polar surface area (TPSA) is 106 Å². The lowest BCUT2D eigenvalue weighted by atomic mass is 10.1. The van der Waals surface area contributed by atoms with Crippen molar-refractivity contribution in [3.05, 3.63) is 63.7 Å². The highest BCUT2D eigenvalue weighted by molar-refractivity contribution is 7.99. The monoisotopic (exact) mass is 338 g/mol. The summed E-state index contributed by atoms with van der Waals surface area (Å²) in [6.45, 7) is 1.96. The van der Waals surface area contributed by atoms with E-state index in [0.717, 1.165) is 22.9 Å². The highest BCUT2D eigenvalue weighted by Crippen LogP contribution is 2.33. The number of nitrogens with zero attached hydrogens (tertiary/aromatic N) is 4. The molecule has 0 unspecified atom stereocenters. The molecule has 7 nitrogen and oxygen atoms in total. The third-order valence-electron chi connectivity index (χ3n) is 3.16. The molecule has 0 aliphatic carbocycles. The molecule has 0 saturated carbocycles. The molecule has 0 fully saturated rings. The largest absolute Gasteiger partial charge is 0.411 e. The van der Waals surface area contributed by atoms with Crippen molar-refractivity contribution in [3.63, 3.8) is 0 Å². The van der Waals surface area contributed by atoms with E-state index in [9.17, 15) is 10.1 Å². The SMILES string of the molecule is Cc1cccc(-c2nnc(Sc3ccc([N+](=O)[O-])cc3C#N)o2)c1. The average molecular weight is 338 g/mol. The maximum absolute atomic E-state index is 10.8. The molecule has 0 radical (unpaired) electrons. The fourth-order valence-corrected chi connectivity index (χ4v) is 2.79. The molecule has 0 amide bonds. The fraction of sp³-hybridized carbons (Fsp3) is 0.0625. The molecule has 0 bridgehead atoms. The molecule has 0 N–H and O–H groups in total. The number of nitro benzene ring substituents is 1. The summed E-state index contributed by atoms with van der Waals surface area (Å²) in [5, 5.41) is 28.1. The van der Waals surface area contributed by atoms with Gasteiger partial charge in [0.2, 0.25) is 5.89 Å². The first kappa shape index (κ1) is 15.7. The van der Waals surface area contributed by atoms with Gasteiger partial charge in [-0.1, -0.05) is 17.7 Å². The fourth-order valence-electron chi connectivity index (χ4n) is 2.05. The van der Waals surface area contributed by atoms with Crippen molar-refractivity contribution in [1.82, 2.24) is 10.2 Å². The van der Waals surface area contributed by atoms with Crippen molar-refractivity contribution in [2.24, 2.45) is 0 Å². The number of aryl methyl sites for hydroxylation is 1. The van der Waals surface area contributed by atoms with Crippen molar-refractivity contribution < 1.29 is 9.34 Å². The van der Waals surface area contributed by atoms with E-state index in [4.69, 9.17) is 9.68 Å². The molecule has 3 rings (SSSR count). The molecule has 0 atom stereocenters. The molecule has 0 spiro atoms. The van der Waals surface area contributed by atoms with Crippen LogP contribution in [0.3, 0.4) is 0 Å². The highest BCUT2D eigenvalue weighted by Gasteiger charge is 2.15. The molecule has 1 aromatic heterocycles. The minimum Gasteiger partial charge on any atom is -0.411 e.